The first-order valence-corrected chi connectivity index (χ1v) is 10.9. The molecule has 4 rings (SSSR count). The lowest BCUT2D eigenvalue weighted by Gasteiger charge is -2.35. The van der Waals surface area contributed by atoms with Gasteiger partial charge in [0.25, 0.3) is 0 Å². The van der Waals surface area contributed by atoms with E-state index in [4.69, 9.17) is 4.74 Å². The molecule has 2 aliphatic heterocycles. The monoisotopic (exact) mass is 454 g/mol. The van der Waals surface area contributed by atoms with E-state index in [2.05, 4.69) is 5.32 Å². The highest BCUT2D eigenvalue weighted by Crippen LogP contribution is 2.33. The first-order chi connectivity index (χ1) is 15.9. The number of anilines is 2. The van der Waals surface area contributed by atoms with Gasteiger partial charge in [-0.25, -0.2) is 4.39 Å². The summed E-state index contributed by atoms with van der Waals surface area (Å²) in [4.78, 5) is 43.3. The Balaban J connectivity index is 1.28. The zero-order valence-corrected chi connectivity index (χ0v) is 18.5. The summed E-state index contributed by atoms with van der Waals surface area (Å²) >= 11 is 0. The molecule has 174 valence electrons. The maximum absolute atomic E-state index is 13.3. The van der Waals surface area contributed by atoms with Crippen LogP contribution in [0.4, 0.5) is 15.8 Å². The van der Waals surface area contributed by atoms with Crippen molar-refractivity contribution < 1.29 is 23.5 Å². The number of hydrogen-bond donors (Lipinski definition) is 1. The van der Waals surface area contributed by atoms with Crippen molar-refractivity contribution in [1.82, 2.24) is 9.80 Å². The van der Waals surface area contributed by atoms with E-state index in [-0.39, 0.29) is 30.7 Å². The van der Waals surface area contributed by atoms with Crippen molar-refractivity contribution in [2.24, 2.45) is 5.92 Å². The van der Waals surface area contributed by atoms with Crippen molar-refractivity contribution in [2.45, 2.75) is 6.42 Å². The maximum atomic E-state index is 13.3. The molecule has 2 aromatic carbocycles. The quantitative estimate of drug-likeness (QED) is 0.722. The minimum atomic E-state index is -0.408. The average molecular weight is 455 g/mol. The molecule has 9 heteroatoms. The third kappa shape index (κ3) is 5.31. The number of rotatable bonds is 6. The fourth-order valence-electron chi connectivity index (χ4n) is 4.31. The summed E-state index contributed by atoms with van der Waals surface area (Å²) in [5.74, 6) is -0.562. The highest BCUT2D eigenvalue weighted by Gasteiger charge is 2.38. The van der Waals surface area contributed by atoms with Crippen LogP contribution >= 0.6 is 0 Å². The van der Waals surface area contributed by atoms with Gasteiger partial charge >= 0.3 is 0 Å². The summed E-state index contributed by atoms with van der Waals surface area (Å²) in [5, 5.41) is 2.69. The van der Waals surface area contributed by atoms with E-state index in [1.807, 2.05) is 23.1 Å². The van der Waals surface area contributed by atoms with Crippen LogP contribution in [-0.4, -0.2) is 73.9 Å². The molecule has 2 heterocycles. The van der Waals surface area contributed by atoms with Crippen molar-refractivity contribution in [1.29, 1.82) is 0 Å². The molecule has 2 saturated heterocycles. The van der Waals surface area contributed by atoms with Gasteiger partial charge < -0.3 is 19.9 Å². The van der Waals surface area contributed by atoms with Crippen LogP contribution in [-0.2, 0) is 14.4 Å². The van der Waals surface area contributed by atoms with E-state index in [0.717, 1.165) is 0 Å². The minimum Gasteiger partial charge on any atom is -0.495 e. The van der Waals surface area contributed by atoms with Crippen LogP contribution in [0.2, 0.25) is 0 Å². The summed E-state index contributed by atoms with van der Waals surface area (Å²) < 4.78 is 18.6. The molecule has 0 aromatic heterocycles. The lowest BCUT2D eigenvalue weighted by atomic mass is 10.1. The number of para-hydroxylation sites is 2. The van der Waals surface area contributed by atoms with Crippen LogP contribution in [0.3, 0.4) is 0 Å². The van der Waals surface area contributed by atoms with Crippen LogP contribution < -0.4 is 15.0 Å². The molecule has 33 heavy (non-hydrogen) atoms. The Morgan fingerprint density at radius 3 is 2.58 bits per heavy atom. The number of carbonyl (C=O) groups excluding carboxylic acids is 3. The summed E-state index contributed by atoms with van der Waals surface area (Å²) in [6, 6.07) is 13.0. The number of nitrogens with one attached hydrogen (secondary N) is 1. The van der Waals surface area contributed by atoms with Gasteiger partial charge in [-0.1, -0.05) is 18.2 Å². The van der Waals surface area contributed by atoms with Gasteiger partial charge in [0.15, 0.2) is 0 Å². The molecule has 0 unspecified atom stereocenters. The lowest BCUT2D eigenvalue weighted by molar-refractivity contribution is -0.137. The van der Waals surface area contributed by atoms with E-state index in [1.54, 1.807) is 29.0 Å². The molecule has 0 bridgehead atoms. The van der Waals surface area contributed by atoms with Crippen molar-refractivity contribution >= 4 is 29.1 Å². The molecule has 2 fully saturated rings. The Kier molecular flexibility index (Phi) is 6.88. The van der Waals surface area contributed by atoms with Gasteiger partial charge in [0.1, 0.15) is 11.6 Å². The SMILES string of the molecule is COc1ccccc1N1C[C@@H](C(=O)N2CCN(CC(=O)Nc3cccc(F)c3)CC2)CC1=O. The second kappa shape index (κ2) is 9.99. The number of hydrogen-bond acceptors (Lipinski definition) is 5. The van der Waals surface area contributed by atoms with Gasteiger partial charge in [-0.3, -0.25) is 19.3 Å². The van der Waals surface area contributed by atoms with Gasteiger partial charge in [-0.05, 0) is 30.3 Å². The summed E-state index contributed by atoms with van der Waals surface area (Å²) in [7, 11) is 1.56. The molecule has 0 aliphatic carbocycles. The molecule has 8 nitrogen and oxygen atoms in total. The zero-order chi connectivity index (χ0) is 23.4. The number of halogens is 1. The molecular weight excluding hydrogens is 427 g/mol. The molecule has 2 aliphatic rings. The van der Waals surface area contributed by atoms with Gasteiger partial charge in [-0.15, -0.1) is 0 Å². The molecule has 0 spiro atoms. The smallest absolute Gasteiger partial charge is 0.238 e. The Morgan fingerprint density at radius 2 is 1.85 bits per heavy atom. The number of ether oxygens (including phenoxy) is 1. The van der Waals surface area contributed by atoms with Crippen molar-refractivity contribution in [2.75, 3.05) is 56.6 Å². The van der Waals surface area contributed by atoms with Gasteiger partial charge in [0.05, 0.1) is 25.3 Å². The predicted molar refractivity (Wildman–Crippen MR) is 122 cm³/mol. The van der Waals surface area contributed by atoms with Crippen LogP contribution in [0.5, 0.6) is 5.75 Å². The Labute approximate surface area is 191 Å². The number of nitrogens with zero attached hydrogens (tertiary/aromatic N) is 3. The predicted octanol–water partition coefficient (Wildman–Crippen LogP) is 1.97. The number of piperazine rings is 1. The topological polar surface area (TPSA) is 82.2 Å². The molecule has 1 N–H and O–H groups in total. The van der Waals surface area contributed by atoms with Gasteiger partial charge in [-0.2, -0.15) is 0 Å². The normalized spacial score (nSPS) is 19.0. The van der Waals surface area contributed by atoms with E-state index in [9.17, 15) is 18.8 Å². The highest BCUT2D eigenvalue weighted by atomic mass is 19.1. The lowest BCUT2D eigenvalue weighted by Crippen LogP contribution is -2.52. The molecule has 1 atom stereocenters. The van der Waals surface area contributed by atoms with Crippen LogP contribution in [0.25, 0.3) is 0 Å². The molecule has 0 saturated carbocycles. The largest absolute Gasteiger partial charge is 0.495 e. The van der Waals surface area contributed by atoms with Crippen LogP contribution in [0.1, 0.15) is 6.42 Å². The zero-order valence-electron chi connectivity index (χ0n) is 18.5. The highest BCUT2D eigenvalue weighted by molar-refractivity contribution is 6.01. The Hall–Kier alpha value is -3.46. The number of methoxy groups -OCH3 is 1. The van der Waals surface area contributed by atoms with Crippen molar-refractivity contribution in [3.05, 3.63) is 54.3 Å². The molecule has 3 amide bonds. The number of benzene rings is 2. The Morgan fingerprint density at radius 1 is 1.09 bits per heavy atom. The molecular formula is C24H27FN4O4. The van der Waals surface area contributed by atoms with E-state index >= 15 is 0 Å². The maximum Gasteiger partial charge on any atom is 0.238 e. The third-order valence-corrected chi connectivity index (χ3v) is 6.01. The summed E-state index contributed by atoms with van der Waals surface area (Å²) in [6.07, 6.45) is 0.174. The van der Waals surface area contributed by atoms with E-state index in [0.29, 0.717) is 49.8 Å². The summed E-state index contributed by atoms with van der Waals surface area (Å²) in [6.45, 7) is 2.59. The molecule has 2 aromatic rings. The first kappa shape index (κ1) is 22.7. The van der Waals surface area contributed by atoms with Crippen LogP contribution in [0.15, 0.2) is 48.5 Å². The number of amides is 3. The van der Waals surface area contributed by atoms with Gasteiger partial charge in [0, 0.05) is 44.8 Å². The standard InChI is InChI=1S/C24H27FN4O4/c1-33-21-8-3-2-7-20(21)29-15-17(13-23(29)31)24(32)28-11-9-27(10-12-28)16-22(30)26-19-6-4-5-18(25)14-19/h2-8,14,17H,9-13,15-16H2,1H3,(H,26,30)/t17-/m0/s1. The molecule has 0 radical (unpaired) electrons. The third-order valence-electron chi connectivity index (χ3n) is 6.01. The fraction of sp³-hybridized carbons (Fsp3) is 0.375. The van der Waals surface area contributed by atoms with Crippen molar-refractivity contribution in [3.8, 4) is 5.75 Å². The second-order valence-electron chi connectivity index (χ2n) is 8.24. The van der Waals surface area contributed by atoms with Gasteiger partial charge in [0.2, 0.25) is 17.7 Å². The van der Waals surface area contributed by atoms with E-state index in [1.165, 1.54) is 18.2 Å². The van der Waals surface area contributed by atoms with Crippen LogP contribution in [0, 0.1) is 11.7 Å². The summed E-state index contributed by atoms with van der Waals surface area (Å²) in [5.41, 5.74) is 1.09. The fourth-order valence-corrected chi connectivity index (χ4v) is 4.31. The second-order valence-corrected chi connectivity index (χ2v) is 8.24. The first-order valence-electron chi connectivity index (χ1n) is 10.9. The number of carbonyl (C=O) groups is 3. The average Bonchev–Trinajstić information content (AvgIpc) is 3.20. The Bertz CT molecular complexity index is 1040. The van der Waals surface area contributed by atoms with E-state index < -0.39 is 11.7 Å². The minimum absolute atomic E-state index is 0.0374. The van der Waals surface area contributed by atoms with Crippen molar-refractivity contribution in [3.63, 3.8) is 0 Å².